The number of nitro groups is 1. The second-order valence-corrected chi connectivity index (χ2v) is 4.26. The molecule has 7 nitrogen and oxygen atoms in total. The Hall–Kier alpha value is -1.51. The summed E-state index contributed by atoms with van der Waals surface area (Å²) in [5.74, 6) is -0.620. The van der Waals surface area contributed by atoms with Crippen LogP contribution in [0.1, 0.15) is 5.56 Å². The van der Waals surface area contributed by atoms with Crippen LogP contribution in [0.5, 0.6) is 0 Å². The molecule has 0 spiro atoms. The Balaban J connectivity index is 2.97. The summed E-state index contributed by atoms with van der Waals surface area (Å²) in [7, 11) is -4.08. The van der Waals surface area contributed by atoms with Gasteiger partial charge in [0.1, 0.15) is 5.75 Å². The molecule has 0 unspecified atom stereocenters. The summed E-state index contributed by atoms with van der Waals surface area (Å²) in [6.45, 7) is 0. The lowest BCUT2D eigenvalue weighted by Crippen LogP contribution is -2.06. The van der Waals surface area contributed by atoms with Crippen molar-refractivity contribution in [3.8, 4) is 0 Å². The van der Waals surface area contributed by atoms with Gasteiger partial charge in [0.15, 0.2) is 0 Å². The maximum absolute atomic E-state index is 10.8. The highest BCUT2D eigenvalue weighted by Gasteiger charge is 2.14. The molecule has 0 fully saturated rings. The molecule has 1 rings (SSSR count). The van der Waals surface area contributed by atoms with E-state index in [-0.39, 0.29) is 11.3 Å². The number of nitro benzene ring substituents is 1. The number of rotatable bonds is 4. The average molecular weight is 233 g/mol. The molecule has 82 valence electrons. The molecule has 0 aliphatic rings. The molecule has 0 atom stereocenters. The molecule has 0 amide bonds. The summed E-state index contributed by atoms with van der Waals surface area (Å²) >= 11 is 0. The van der Waals surface area contributed by atoms with Crippen LogP contribution >= 0.6 is 0 Å². The molecule has 0 radical (unpaired) electrons. The summed E-state index contributed by atoms with van der Waals surface area (Å²) in [4.78, 5) is 9.72. The fourth-order valence-electron chi connectivity index (χ4n) is 0.990. The van der Waals surface area contributed by atoms with Crippen LogP contribution in [0.25, 0.3) is 0 Å². The highest BCUT2D eigenvalue weighted by molar-refractivity contribution is 7.85. The van der Waals surface area contributed by atoms with E-state index in [0.29, 0.717) is 0 Å². The summed E-state index contributed by atoms with van der Waals surface area (Å²) in [5.41, 5.74) is -0.0566. The Labute approximate surface area is 85.1 Å². The van der Waals surface area contributed by atoms with Gasteiger partial charge in [0, 0.05) is 12.1 Å². The monoisotopic (exact) mass is 233 g/mol. The van der Waals surface area contributed by atoms with E-state index in [1.54, 1.807) is 0 Å². The average Bonchev–Trinajstić information content (AvgIpc) is 2.17. The normalized spacial score (nSPS) is 11.3. The van der Waals surface area contributed by atoms with Gasteiger partial charge in [-0.2, -0.15) is 8.42 Å². The second kappa shape index (κ2) is 4.34. The Morgan fingerprint density at radius 2 is 2.13 bits per heavy atom. The van der Waals surface area contributed by atoms with Gasteiger partial charge in [0.05, 0.1) is 4.92 Å². The van der Waals surface area contributed by atoms with E-state index in [2.05, 4.69) is 4.33 Å². The molecule has 15 heavy (non-hydrogen) atoms. The third-order valence-electron chi connectivity index (χ3n) is 1.58. The third-order valence-corrected chi connectivity index (χ3v) is 2.49. The zero-order valence-electron chi connectivity index (χ0n) is 7.36. The van der Waals surface area contributed by atoms with E-state index < -0.39 is 20.8 Å². The minimum absolute atomic E-state index is 0.165. The van der Waals surface area contributed by atoms with Crippen molar-refractivity contribution in [2.45, 2.75) is 5.75 Å². The van der Waals surface area contributed by atoms with Gasteiger partial charge >= 0.3 is 0 Å². The van der Waals surface area contributed by atoms with Gasteiger partial charge in [0.2, 0.25) is 0 Å². The van der Waals surface area contributed by atoms with Gasteiger partial charge in [-0.1, -0.05) is 12.1 Å². The largest absolute Gasteiger partial charge is 0.297 e. The first kappa shape index (κ1) is 11.6. The molecule has 0 aliphatic heterocycles. The minimum atomic E-state index is -4.08. The molecule has 0 aromatic heterocycles. The molecular weight excluding hydrogens is 226 g/mol. The summed E-state index contributed by atoms with van der Waals surface area (Å²) in [6, 6.07) is 5.05. The zero-order valence-corrected chi connectivity index (χ0v) is 8.18. The van der Waals surface area contributed by atoms with Crippen molar-refractivity contribution in [3.63, 3.8) is 0 Å². The van der Waals surface area contributed by atoms with Crippen molar-refractivity contribution in [1.29, 1.82) is 0 Å². The van der Waals surface area contributed by atoms with Crippen molar-refractivity contribution in [2.75, 3.05) is 0 Å². The lowest BCUT2D eigenvalue weighted by Gasteiger charge is -1.99. The number of hydrogen-bond donors (Lipinski definition) is 1. The molecule has 1 aromatic carbocycles. The van der Waals surface area contributed by atoms with Gasteiger partial charge in [-0.25, -0.2) is 5.26 Å². The first-order valence-electron chi connectivity index (χ1n) is 3.73. The van der Waals surface area contributed by atoms with Crippen LogP contribution in [0.3, 0.4) is 0 Å². The van der Waals surface area contributed by atoms with E-state index in [0.717, 1.165) is 6.07 Å². The highest BCUT2D eigenvalue weighted by Crippen LogP contribution is 2.15. The standard InChI is InChI=1S/C7H7NO6S/c9-8(10)7-3-1-2-6(4-7)5-15(12,13)14-11/h1-4,11H,5H2. The first-order valence-corrected chi connectivity index (χ1v) is 5.31. The Bertz CT molecular complexity index is 468. The summed E-state index contributed by atoms with van der Waals surface area (Å²) in [6.07, 6.45) is 0. The predicted molar refractivity (Wildman–Crippen MR) is 49.4 cm³/mol. The Morgan fingerprint density at radius 3 is 2.67 bits per heavy atom. The molecule has 0 saturated carbocycles. The quantitative estimate of drug-likeness (QED) is 0.470. The number of hydrogen-bond acceptors (Lipinski definition) is 6. The molecular formula is C7H7NO6S. The van der Waals surface area contributed by atoms with Crippen LogP contribution in [-0.4, -0.2) is 18.6 Å². The lowest BCUT2D eigenvalue weighted by molar-refractivity contribution is -0.384. The molecule has 0 heterocycles. The topological polar surface area (TPSA) is 107 Å². The van der Waals surface area contributed by atoms with E-state index in [9.17, 15) is 18.5 Å². The fraction of sp³-hybridized carbons (Fsp3) is 0.143. The third kappa shape index (κ3) is 3.27. The smallest absolute Gasteiger partial charge is 0.258 e. The summed E-state index contributed by atoms with van der Waals surface area (Å²) < 4.78 is 24.9. The van der Waals surface area contributed by atoms with E-state index >= 15 is 0 Å². The van der Waals surface area contributed by atoms with Crippen LogP contribution in [0.4, 0.5) is 5.69 Å². The maximum Gasteiger partial charge on any atom is 0.297 e. The van der Waals surface area contributed by atoms with Gasteiger partial charge in [-0.15, -0.1) is 4.33 Å². The molecule has 0 bridgehead atoms. The lowest BCUT2D eigenvalue weighted by atomic mass is 10.2. The van der Waals surface area contributed by atoms with Crippen LogP contribution < -0.4 is 0 Å². The van der Waals surface area contributed by atoms with Crippen molar-refractivity contribution in [1.82, 2.24) is 0 Å². The van der Waals surface area contributed by atoms with Crippen molar-refractivity contribution in [2.24, 2.45) is 0 Å². The van der Waals surface area contributed by atoms with Crippen molar-refractivity contribution in [3.05, 3.63) is 39.9 Å². The molecule has 1 aromatic rings. The number of nitrogens with zero attached hydrogens (tertiary/aromatic N) is 1. The second-order valence-electron chi connectivity index (χ2n) is 2.70. The van der Waals surface area contributed by atoms with Crippen LogP contribution in [0.15, 0.2) is 24.3 Å². The molecule has 8 heteroatoms. The van der Waals surface area contributed by atoms with Crippen LogP contribution in [-0.2, 0) is 20.2 Å². The van der Waals surface area contributed by atoms with Crippen LogP contribution in [0, 0.1) is 10.1 Å². The van der Waals surface area contributed by atoms with E-state index in [1.807, 2.05) is 0 Å². The van der Waals surface area contributed by atoms with Gasteiger partial charge in [-0.05, 0) is 5.56 Å². The van der Waals surface area contributed by atoms with Gasteiger partial charge in [-0.3, -0.25) is 10.1 Å². The SMILES string of the molecule is O=[N+]([O-])c1cccc(CS(=O)(=O)OO)c1. The maximum atomic E-state index is 10.8. The first-order chi connectivity index (χ1) is 6.94. The molecule has 1 N–H and O–H groups in total. The fourth-order valence-corrected chi connectivity index (χ4v) is 1.63. The highest BCUT2D eigenvalue weighted by atomic mass is 32.2. The van der Waals surface area contributed by atoms with E-state index in [1.165, 1.54) is 18.2 Å². The molecule has 0 aliphatic carbocycles. The molecule has 0 saturated heterocycles. The predicted octanol–water partition coefficient (Wildman–Crippen LogP) is 0.914. The Kier molecular flexibility index (Phi) is 3.35. The van der Waals surface area contributed by atoms with Crippen LogP contribution in [0.2, 0.25) is 0 Å². The summed E-state index contributed by atoms with van der Waals surface area (Å²) in [5, 5.41) is 18.4. The zero-order chi connectivity index (χ0) is 11.5. The number of benzene rings is 1. The van der Waals surface area contributed by atoms with Crippen molar-refractivity contribution >= 4 is 15.8 Å². The minimum Gasteiger partial charge on any atom is -0.258 e. The van der Waals surface area contributed by atoms with Gasteiger partial charge in [0.25, 0.3) is 15.8 Å². The number of non-ortho nitro benzene ring substituents is 1. The van der Waals surface area contributed by atoms with Gasteiger partial charge < -0.3 is 0 Å². The Morgan fingerprint density at radius 1 is 1.47 bits per heavy atom. The van der Waals surface area contributed by atoms with Crippen molar-refractivity contribution < 1.29 is 22.9 Å². The van der Waals surface area contributed by atoms with E-state index in [4.69, 9.17) is 5.26 Å².